The molecule has 1 aromatic rings. The fourth-order valence-corrected chi connectivity index (χ4v) is 2.46. The Hall–Kier alpha value is -1.77. The minimum Gasteiger partial charge on any atom is -0.496 e. The van der Waals surface area contributed by atoms with Crippen LogP contribution in [0.1, 0.15) is 25.0 Å². The van der Waals surface area contributed by atoms with E-state index in [9.17, 15) is 4.79 Å². The van der Waals surface area contributed by atoms with Crippen molar-refractivity contribution in [3.8, 4) is 5.75 Å². The van der Waals surface area contributed by atoms with E-state index in [4.69, 9.17) is 9.47 Å². The van der Waals surface area contributed by atoms with Crippen LogP contribution in [0.2, 0.25) is 0 Å². The third-order valence-corrected chi connectivity index (χ3v) is 3.24. The molecule has 2 rings (SSSR count). The molecule has 1 aliphatic carbocycles. The Kier molecular flexibility index (Phi) is 3.70. The number of rotatable bonds is 3. The highest BCUT2D eigenvalue weighted by Crippen LogP contribution is 2.42. The normalized spacial score (nSPS) is 19.7. The molecular formula is C15H18O3. The molecule has 0 radical (unpaired) electrons. The van der Waals surface area contributed by atoms with Gasteiger partial charge in [0.15, 0.2) is 0 Å². The lowest BCUT2D eigenvalue weighted by atomic mass is 10.0. The number of hydrogen-bond donors (Lipinski definition) is 0. The predicted octanol–water partition coefficient (Wildman–Crippen LogP) is 2.83. The first-order valence-electron chi connectivity index (χ1n) is 6.22. The molecule has 0 bridgehead atoms. The molecule has 1 atom stereocenters. The maximum Gasteiger partial charge on any atom is 0.331 e. The van der Waals surface area contributed by atoms with Crippen LogP contribution < -0.4 is 4.74 Å². The Morgan fingerprint density at radius 1 is 1.50 bits per heavy atom. The number of carbonyl (C=O) groups is 1. The SMILES string of the molecule is CCOC(=O)/C=C1/c2c(cccc2OC)C[C@H]1C. The van der Waals surface area contributed by atoms with Gasteiger partial charge < -0.3 is 9.47 Å². The van der Waals surface area contributed by atoms with Crippen molar-refractivity contribution in [3.05, 3.63) is 35.4 Å². The van der Waals surface area contributed by atoms with Gasteiger partial charge in [-0.1, -0.05) is 19.1 Å². The average Bonchev–Trinajstić information content (AvgIpc) is 2.66. The fourth-order valence-electron chi connectivity index (χ4n) is 2.46. The standard InChI is InChI=1S/C15H18O3/c1-4-18-14(16)9-12-10(2)8-11-6-5-7-13(17-3)15(11)12/h5-7,9-10H,4,8H2,1-3H3/b12-9+/t10-/m1/s1. The van der Waals surface area contributed by atoms with Crippen molar-refractivity contribution in [1.29, 1.82) is 0 Å². The lowest BCUT2D eigenvalue weighted by Gasteiger charge is -2.10. The summed E-state index contributed by atoms with van der Waals surface area (Å²) in [5.41, 5.74) is 3.30. The average molecular weight is 246 g/mol. The first kappa shape index (κ1) is 12.7. The van der Waals surface area contributed by atoms with Crippen LogP contribution in [0, 0.1) is 5.92 Å². The molecule has 3 heteroatoms. The Morgan fingerprint density at radius 2 is 2.28 bits per heavy atom. The van der Waals surface area contributed by atoms with Gasteiger partial charge in [-0.05, 0) is 36.5 Å². The molecule has 96 valence electrons. The largest absolute Gasteiger partial charge is 0.496 e. The zero-order valence-corrected chi connectivity index (χ0v) is 11.0. The van der Waals surface area contributed by atoms with E-state index in [1.54, 1.807) is 13.2 Å². The molecule has 0 spiro atoms. The Balaban J connectivity index is 2.43. The lowest BCUT2D eigenvalue weighted by Crippen LogP contribution is -2.03. The molecule has 0 unspecified atom stereocenters. The molecule has 0 heterocycles. The van der Waals surface area contributed by atoms with Crippen molar-refractivity contribution in [2.24, 2.45) is 5.92 Å². The highest BCUT2D eigenvalue weighted by Gasteiger charge is 2.27. The van der Waals surface area contributed by atoms with Crippen LogP contribution in [-0.4, -0.2) is 19.7 Å². The summed E-state index contributed by atoms with van der Waals surface area (Å²) >= 11 is 0. The molecule has 0 aromatic heterocycles. The van der Waals surface area contributed by atoms with Gasteiger partial charge in [0.05, 0.1) is 13.7 Å². The Labute approximate surface area is 107 Å². The van der Waals surface area contributed by atoms with Crippen LogP contribution in [-0.2, 0) is 16.0 Å². The van der Waals surface area contributed by atoms with E-state index in [0.717, 1.165) is 23.3 Å². The second kappa shape index (κ2) is 5.25. The molecule has 0 saturated carbocycles. The molecule has 0 N–H and O–H groups in total. The van der Waals surface area contributed by atoms with E-state index < -0.39 is 0 Å². The number of hydrogen-bond acceptors (Lipinski definition) is 3. The number of ether oxygens (including phenoxy) is 2. The molecule has 18 heavy (non-hydrogen) atoms. The van der Waals surface area contributed by atoms with E-state index in [0.29, 0.717) is 12.5 Å². The molecule has 0 aliphatic heterocycles. The summed E-state index contributed by atoms with van der Waals surface area (Å²) in [6.07, 6.45) is 2.54. The van der Waals surface area contributed by atoms with Gasteiger partial charge in [0, 0.05) is 11.6 Å². The zero-order chi connectivity index (χ0) is 13.1. The monoisotopic (exact) mass is 246 g/mol. The summed E-state index contributed by atoms with van der Waals surface area (Å²) in [4.78, 5) is 11.6. The second-order valence-corrected chi connectivity index (χ2v) is 4.45. The van der Waals surface area contributed by atoms with Crippen LogP contribution in [0.25, 0.3) is 5.57 Å². The molecule has 1 aromatic carbocycles. The predicted molar refractivity (Wildman–Crippen MR) is 70.5 cm³/mol. The Bertz CT molecular complexity index is 489. The van der Waals surface area contributed by atoms with Crippen molar-refractivity contribution in [3.63, 3.8) is 0 Å². The van der Waals surface area contributed by atoms with Crippen molar-refractivity contribution >= 4 is 11.5 Å². The van der Waals surface area contributed by atoms with Crippen molar-refractivity contribution in [1.82, 2.24) is 0 Å². The highest BCUT2D eigenvalue weighted by atomic mass is 16.5. The second-order valence-electron chi connectivity index (χ2n) is 4.45. The highest BCUT2D eigenvalue weighted by molar-refractivity contribution is 5.94. The van der Waals surface area contributed by atoms with Crippen molar-refractivity contribution < 1.29 is 14.3 Å². The summed E-state index contributed by atoms with van der Waals surface area (Å²) < 4.78 is 10.4. The van der Waals surface area contributed by atoms with Gasteiger partial charge in [-0.25, -0.2) is 4.79 Å². The fraction of sp³-hybridized carbons (Fsp3) is 0.400. The topological polar surface area (TPSA) is 35.5 Å². The number of fused-ring (bicyclic) bond motifs is 1. The van der Waals surface area contributed by atoms with Crippen LogP contribution in [0.5, 0.6) is 5.75 Å². The van der Waals surface area contributed by atoms with Crippen LogP contribution in [0.3, 0.4) is 0 Å². The van der Waals surface area contributed by atoms with Crippen LogP contribution in [0.4, 0.5) is 0 Å². The van der Waals surface area contributed by atoms with E-state index in [-0.39, 0.29) is 5.97 Å². The first-order chi connectivity index (χ1) is 8.67. The van der Waals surface area contributed by atoms with Gasteiger partial charge in [0.2, 0.25) is 0 Å². The molecular weight excluding hydrogens is 228 g/mol. The maximum absolute atomic E-state index is 11.6. The van der Waals surface area contributed by atoms with Gasteiger partial charge in [-0.3, -0.25) is 0 Å². The van der Waals surface area contributed by atoms with Crippen LogP contribution in [0.15, 0.2) is 24.3 Å². The smallest absolute Gasteiger partial charge is 0.331 e. The van der Waals surface area contributed by atoms with Crippen LogP contribution >= 0.6 is 0 Å². The van der Waals surface area contributed by atoms with Gasteiger partial charge in [0.25, 0.3) is 0 Å². The molecule has 0 amide bonds. The minimum atomic E-state index is -0.280. The van der Waals surface area contributed by atoms with Gasteiger partial charge in [-0.2, -0.15) is 0 Å². The summed E-state index contributed by atoms with van der Waals surface area (Å²) in [7, 11) is 1.65. The lowest BCUT2D eigenvalue weighted by molar-refractivity contribution is -0.137. The minimum absolute atomic E-state index is 0.280. The van der Waals surface area contributed by atoms with Crippen molar-refractivity contribution in [2.75, 3.05) is 13.7 Å². The number of methoxy groups -OCH3 is 1. The molecule has 3 nitrogen and oxygen atoms in total. The van der Waals surface area contributed by atoms with Gasteiger partial charge >= 0.3 is 5.97 Å². The summed E-state index contributed by atoms with van der Waals surface area (Å²) in [6.45, 7) is 4.32. The molecule has 1 aliphatic rings. The number of esters is 1. The maximum atomic E-state index is 11.6. The van der Waals surface area contributed by atoms with E-state index >= 15 is 0 Å². The molecule has 0 fully saturated rings. The van der Waals surface area contributed by atoms with Crippen molar-refractivity contribution in [2.45, 2.75) is 20.3 Å². The Morgan fingerprint density at radius 3 is 2.94 bits per heavy atom. The summed E-state index contributed by atoms with van der Waals surface area (Å²) in [6, 6.07) is 5.99. The number of carbonyl (C=O) groups excluding carboxylic acids is 1. The quantitative estimate of drug-likeness (QED) is 0.607. The van der Waals surface area contributed by atoms with Gasteiger partial charge in [-0.15, -0.1) is 0 Å². The zero-order valence-electron chi connectivity index (χ0n) is 11.0. The summed E-state index contributed by atoms with van der Waals surface area (Å²) in [5.74, 6) is 0.867. The number of benzene rings is 1. The third kappa shape index (κ3) is 2.26. The van der Waals surface area contributed by atoms with E-state index in [1.807, 2.05) is 19.1 Å². The molecule has 0 saturated heterocycles. The first-order valence-corrected chi connectivity index (χ1v) is 6.22. The number of allylic oxidation sites excluding steroid dienone is 1. The van der Waals surface area contributed by atoms with E-state index in [2.05, 4.69) is 13.0 Å². The third-order valence-electron chi connectivity index (χ3n) is 3.24. The van der Waals surface area contributed by atoms with E-state index in [1.165, 1.54) is 5.56 Å². The van der Waals surface area contributed by atoms with Gasteiger partial charge in [0.1, 0.15) is 5.75 Å². The summed E-state index contributed by atoms with van der Waals surface area (Å²) in [5, 5.41) is 0.